The highest BCUT2D eigenvalue weighted by atomic mass is 127. The number of rotatable bonds is 2. The predicted molar refractivity (Wildman–Crippen MR) is 104 cm³/mol. The summed E-state index contributed by atoms with van der Waals surface area (Å²) in [6.07, 6.45) is 1.44. The van der Waals surface area contributed by atoms with Crippen molar-refractivity contribution in [3.05, 3.63) is 60.7 Å². The monoisotopic (exact) mass is 518 g/mol. The number of phenols is 1. The van der Waals surface area contributed by atoms with Gasteiger partial charge in [-0.2, -0.15) is 0 Å². The van der Waals surface area contributed by atoms with Crippen molar-refractivity contribution < 1.29 is 14.7 Å². The molecule has 0 spiro atoms. The van der Waals surface area contributed by atoms with E-state index in [0.29, 0.717) is 19.8 Å². The van der Waals surface area contributed by atoms with Crippen LogP contribution in [0, 0.1) is 3.57 Å². The molecule has 0 aromatic heterocycles. The molecule has 5 nitrogen and oxygen atoms in total. The van der Waals surface area contributed by atoms with Crippen molar-refractivity contribution in [3.63, 3.8) is 0 Å². The van der Waals surface area contributed by atoms with Crippen molar-refractivity contribution in [2.75, 3.05) is 4.90 Å². The molecule has 0 unspecified atom stereocenters. The van der Waals surface area contributed by atoms with E-state index in [1.807, 2.05) is 22.6 Å². The van der Waals surface area contributed by atoms with E-state index in [1.54, 1.807) is 36.4 Å². The number of urea groups is 1. The van der Waals surface area contributed by atoms with Crippen molar-refractivity contribution in [1.82, 2.24) is 5.32 Å². The highest BCUT2D eigenvalue weighted by molar-refractivity contribution is 14.1. The first kappa shape index (κ1) is 17.2. The number of hydrogen-bond donors (Lipinski definition) is 2. The Morgan fingerprint density at radius 1 is 1.21 bits per heavy atom. The third kappa shape index (κ3) is 3.28. The Morgan fingerprint density at radius 2 is 1.88 bits per heavy atom. The summed E-state index contributed by atoms with van der Waals surface area (Å²) in [5, 5.41) is 13.2. The Morgan fingerprint density at radius 3 is 2.54 bits per heavy atom. The Hall–Kier alpha value is -1.58. The zero-order chi connectivity index (χ0) is 17.4. The lowest BCUT2D eigenvalue weighted by molar-refractivity contribution is -0.113. The maximum absolute atomic E-state index is 12.5. The molecule has 3 amide bonds. The molecule has 2 N–H and O–H groups in total. The highest BCUT2D eigenvalue weighted by Gasteiger charge is 2.35. The number of imide groups is 1. The van der Waals surface area contributed by atoms with E-state index >= 15 is 0 Å². The maximum Gasteiger partial charge on any atom is 0.333 e. The molecule has 0 atom stereocenters. The fourth-order valence-electron chi connectivity index (χ4n) is 2.21. The number of carbonyl (C=O) groups excluding carboxylic acids is 2. The van der Waals surface area contributed by atoms with E-state index in [9.17, 15) is 14.7 Å². The molecule has 3 rings (SSSR count). The Labute approximate surface area is 164 Å². The first-order valence-electron chi connectivity index (χ1n) is 6.67. The summed E-state index contributed by atoms with van der Waals surface area (Å²) >= 11 is 11.1. The smallest absolute Gasteiger partial charge is 0.333 e. The first-order chi connectivity index (χ1) is 11.4. The molecule has 1 heterocycles. The highest BCUT2D eigenvalue weighted by Crippen LogP contribution is 2.31. The topological polar surface area (TPSA) is 69.6 Å². The molecule has 0 radical (unpaired) electrons. The molecular weight excluding hydrogens is 510 g/mol. The summed E-state index contributed by atoms with van der Waals surface area (Å²) in [7, 11) is 0. The Balaban J connectivity index is 1.98. The molecule has 2 aromatic carbocycles. The minimum absolute atomic E-state index is 0.0401. The van der Waals surface area contributed by atoms with Gasteiger partial charge in [-0.3, -0.25) is 4.79 Å². The number of anilines is 1. The van der Waals surface area contributed by atoms with Gasteiger partial charge in [-0.05, 0) is 65.1 Å². The van der Waals surface area contributed by atoms with Crippen LogP contribution < -0.4 is 10.2 Å². The van der Waals surface area contributed by atoms with E-state index in [2.05, 4.69) is 21.2 Å². The van der Waals surface area contributed by atoms with Crippen molar-refractivity contribution in [2.24, 2.45) is 0 Å². The summed E-state index contributed by atoms with van der Waals surface area (Å²) in [5.41, 5.74) is 0.924. The number of hydrogen-bond acceptors (Lipinski definition) is 3. The van der Waals surface area contributed by atoms with Gasteiger partial charge in [0, 0.05) is 15.1 Å². The van der Waals surface area contributed by atoms with Crippen LogP contribution in [0.3, 0.4) is 0 Å². The predicted octanol–water partition coefficient (Wildman–Crippen LogP) is 4.51. The molecule has 1 saturated heterocycles. The van der Waals surface area contributed by atoms with Crippen LogP contribution in [0.5, 0.6) is 5.75 Å². The van der Waals surface area contributed by atoms with E-state index in [-0.39, 0.29) is 11.4 Å². The van der Waals surface area contributed by atoms with Gasteiger partial charge in [0.1, 0.15) is 11.4 Å². The molecule has 0 aliphatic carbocycles. The Bertz CT molecular complexity index is 884. The number of aromatic hydroxyl groups is 1. The molecule has 2 aromatic rings. The van der Waals surface area contributed by atoms with E-state index in [1.165, 1.54) is 6.08 Å². The summed E-state index contributed by atoms with van der Waals surface area (Å²) < 4.78 is 1.38. The number of phenolic OH excluding ortho intramolecular Hbond substituents is 1. The summed E-state index contributed by atoms with van der Waals surface area (Å²) in [5.74, 6) is -0.463. The van der Waals surface area contributed by atoms with Crippen LogP contribution in [-0.2, 0) is 4.79 Å². The van der Waals surface area contributed by atoms with Gasteiger partial charge in [0.2, 0.25) is 0 Å². The number of benzene rings is 2. The van der Waals surface area contributed by atoms with Crippen LogP contribution >= 0.6 is 50.1 Å². The number of amides is 3. The van der Waals surface area contributed by atoms with Crippen LogP contribution in [0.1, 0.15) is 5.56 Å². The van der Waals surface area contributed by atoms with E-state index in [0.717, 1.165) is 9.37 Å². The van der Waals surface area contributed by atoms with Gasteiger partial charge in [0.15, 0.2) is 0 Å². The Kier molecular flexibility index (Phi) is 4.84. The van der Waals surface area contributed by atoms with Gasteiger partial charge in [-0.1, -0.05) is 27.5 Å². The zero-order valence-corrected chi connectivity index (χ0v) is 16.4. The zero-order valence-electron chi connectivity index (χ0n) is 11.9. The second-order valence-corrected chi connectivity index (χ2v) is 7.44. The number of carbonyl (C=O) groups is 2. The summed E-state index contributed by atoms with van der Waals surface area (Å²) in [6.45, 7) is 0. The molecule has 0 saturated carbocycles. The van der Waals surface area contributed by atoms with Crippen molar-refractivity contribution in [2.45, 2.75) is 0 Å². The van der Waals surface area contributed by atoms with Gasteiger partial charge in [0.25, 0.3) is 5.91 Å². The quantitative estimate of drug-likeness (QED) is 0.349. The third-order valence-electron chi connectivity index (χ3n) is 3.32. The SMILES string of the molecule is O=C1N/C(=C\c2cc(Br)cc(I)c2O)C(=O)N1c1ccc(Cl)cc1. The standard InChI is InChI=1S/C16H9BrClIN2O3/c17-9-5-8(14(22)12(19)7-9)6-13-15(23)21(16(24)20-13)11-3-1-10(18)2-4-11/h1-7,22H,(H,20,24)/b13-6-. The molecule has 0 bridgehead atoms. The molecule has 24 heavy (non-hydrogen) atoms. The van der Waals surface area contributed by atoms with Gasteiger partial charge in [0.05, 0.1) is 9.26 Å². The average molecular weight is 520 g/mol. The summed E-state index contributed by atoms with van der Waals surface area (Å²) in [6, 6.07) is 9.22. The average Bonchev–Trinajstić information content (AvgIpc) is 2.80. The molecule has 1 fully saturated rings. The second-order valence-electron chi connectivity index (χ2n) is 4.93. The number of nitrogens with one attached hydrogen (secondary N) is 1. The lowest BCUT2D eigenvalue weighted by Gasteiger charge is -2.11. The van der Waals surface area contributed by atoms with Crippen LogP contribution in [0.15, 0.2) is 46.6 Å². The lowest BCUT2D eigenvalue weighted by Crippen LogP contribution is -2.30. The normalized spacial score (nSPS) is 16.0. The van der Waals surface area contributed by atoms with Gasteiger partial charge < -0.3 is 10.4 Å². The summed E-state index contributed by atoms with van der Waals surface area (Å²) in [4.78, 5) is 25.7. The van der Waals surface area contributed by atoms with Crippen molar-refractivity contribution in [3.8, 4) is 5.75 Å². The number of nitrogens with zero attached hydrogens (tertiary/aromatic N) is 1. The molecule has 8 heteroatoms. The third-order valence-corrected chi connectivity index (χ3v) is 4.85. The van der Waals surface area contributed by atoms with Gasteiger partial charge in [-0.15, -0.1) is 0 Å². The van der Waals surface area contributed by atoms with Crippen LogP contribution in [-0.4, -0.2) is 17.0 Å². The number of halogens is 3. The fourth-order valence-corrected chi connectivity index (χ4v) is 3.89. The molecule has 1 aliphatic rings. The largest absolute Gasteiger partial charge is 0.506 e. The van der Waals surface area contributed by atoms with Crippen LogP contribution in [0.2, 0.25) is 5.02 Å². The van der Waals surface area contributed by atoms with Crippen molar-refractivity contribution in [1.29, 1.82) is 0 Å². The van der Waals surface area contributed by atoms with Gasteiger partial charge >= 0.3 is 6.03 Å². The minimum atomic E-state index is -0.558. The van der Waals surface area contributed by atoms with Crippen LogP contribution in [0.4, 0.5) is 10.5 Å². The van der Waals surface area contributed by atoms with E-state index in [4.69, 9.17) is 11.6 Å². The van der Waals surface area contributed by atoms with Crippen LogP contribution in [0.25, 0.3) is 6.08 Å². The van der Waals surface area contributed by atoms with Gasteiger partial charge in [-0.25, -0.2) is 9.69 Å². The minimum Gasteiger partial charge on any atom is -0.506 e. The maximum atomic E-state index is 12.5. The molecule has 1 aliphatic heterocycles. The first-order valence-corrected chi connectivity index (χ1v) is 8.92. The van der Waals surface area contributed by atoms with Crippen molar-refractivity contribution >= 4 is 73.8 Å². The lowest BCUT2D eigenvalue weighted by atomic mass is 10.1. The van der Waals surface area contributed by atoms with E-state index < -0.39 is 11.9 Å². The molecule has 122 valence electrons. The molecular formula is C16H9BrClIN2O3. The second kappa shape index (κ2) is 6.73. The fraction of sp³-hybridized carbons (Fsp3) is 0.